The third-order valence-corrected chi connectivity index (χ3v) is 6.60. The van der Waals surface area contributed by atoms with Gasteiger partial charge in [-0.3, -0.25) is 9.36 Å². The van der Waals surface area contributed by atoms with Crippen LogP contribution in [0.1, 0.15) is 50.9 Å². The van der Waals surface area contributed by atoms with Gasteiger partial charge in [-0.2, -0.15) is 4.98 Å². The molecule has 1 aromatic carbocycles. The summed E-state index contributed by atoms with van der Waals surface area (Å²) in [6, 6.07) is 7.75. The van der Waals surface area contributed by atoms with E-state index >= 15 is 0 Å². The Hall–Kier alpha value is -2.15. The van der Waals surface area contributed by atoms with Gasteiger partial charge in [-0.15, -0.1) is 0 Å². The molecule has 1 saturated carbocycles. The third kappa shape index (κ3) is 3.52. The normalized spacial score (nSPS) is 23.0. The Morgan fingerprint density at radius 3 is 2.81 bits per heavy atom. The van der Waals surface area contributed by atoms with Gasteiger partial charge in [0, 0.05) is 6.04 Å². The topological polar surface area (TPSA) is 73.8 Å². The molecule has 142 valence electrons. The summed E-state index contributed by atoms with van der Waals surface area (Å²) >= 11 is 1.49. The van der Waals surface area contributed by atoms with Gasteiger partial charge in [-0.05, 0) is 37.3 Å². The first-order chi connectivity index (χ1) is 13.0. The van der Waals surface area contributed by atoms with Crippen LogP contribution in [0.5, 0.6) is 0 Å². The van der Waals surface area contributed by atoms with E-state index in [1.54, 1.807) is 6.92 Å². The monoisotopic (exact) mass is 384 g/mol. The van der Waals surface area contributed by atoms with Crippen LogP contribution in [0.25, 0.3) is 10.9 Å². The van der Waals surface area contributed by atoms with Crippen molar-refractivity contribution in [2.45, 2.75) is 57.0 Å². The van der Waals surface area contributed by atoms with Gasteiger partial charge in [0.1, 0.15) is 0 Å². The molecule has 0 aliphatic heterocycles. The summed E-state index contributed by atoms with van der Waals surface area (Å²) in [6.07, 6.45) is 3.37. The molecule has 3 aromatic rings. The molecule has 0 spiro atoms. The van der Waals surface area contributed by atoms with Gasteiger partial charge in [-0.25, -0.2) is 4.98 Å². The van der Waals surface area contributed by atoms with Crippen LogP contribution in [0.2, 0.25) is 0 Å². The summed E-state index contributed by atoms with van der Waals surface area (Å²) in [5.74, 6) is 2.70. The maximum absolute atomic E-state index is 13.4. The fourth-order valence-corrected chi connectivity index (χ4v) is 4.85. The van der Waals surface area contributed by atoms with Crippen molar-refractivity contribution in [1.29, 1.82) is 0 Å². The molecule has 0 radical (unpaired) electrons. The number of aromatic nitrogens is 4. The van der Waals surface area contributed by atoms with E-state index in [9.17, 15) is 4.79 Å². The highest BCUT2D eigenvalue weighted by Gasteiger charge is 2.31. The average Bonchev–Trinajstić information content (AvgIpc) is 3.08. The number of para-hydroxylation sites is 1. The number of fused-ring (bicyclic) bond motifs is 1. The molecule has 2 aromatic heterocycles. The molecule has 3 atom stereocenters. The lowest BCUT2D eigenvalue weighted by Gasteiger charge is -2.36. The smallest absolute Gasteiger partial charge is 0.262 e. The Labute approximate surface area is 162 Å². The minimum atomic E-state index is 0.0516. The molecular weight excluding hydrogens is 360 g/mol. The summed E-state index contributed by atoms with van der Waals surface area (Å²) < 4.78 is 7.16. The van der Waals surface area contributed by atoms with Crippen LogP contribution in [0.4, 0.5) is 0 Å². The number of benzene rings is 1. The maximum Gasteiger partial charge on any atom is 0.262 e. The van der Waals surface area contributed by atoms with Crippen LogP contribution < -0.4 is 5.56 Å². The SMILES string of the molecule is Cc1noc(CSc2nc3ccccc3c(=O)n2C2CCCC(C)C2C)n1. The minimum absolute atomic E-state index is 0.0516. The molecule has 0 saturated heterocycles. The molecule has 4 rings (SSSR count). The van der Waals surface area contributed by atoms with Crippen LogP contribution in [0.3, 0.4) is 0 Å². The largest absolute Gasteiger partial charge is 0.338 e. The van der Waals surface area contributed by atoms with E-state index in [1.165, 1.54) is 18.2 Å². The quantitative estimate of drug-likeness (QED) is 0.491. The predicted molar refractivity (Wildman–Crippen MR) is 106 cm³/mol. The third-order valence-electron chi connectivity index (χ3n) is 5.67. The van der Waals surface area contributed by atoms with Gasteiger partial charge >= 0.3 is 0 Å². The fourth-order valence-electron chi connectivity index (χ4n) is 3.96. The zero-order valence-corrected chi connectivity index (χ0v) is 16.7. The number of aryl methyl sites for hydroxylation is 1. The van der Waals surface area contributed by atoms with Gasteiger partial charge in [0.2, 0.25) is 5.89 Å². The van der Waals surface area contributed by atoms with Crippen LogP contribution in [0.15, 0.2) is 38.7 Å². The predicted octanol–water partition coefficient (Wildman–Crippen LogP) is 4.38. The Kier molecular flexibility index (Phi) is 5.04. The molecule has 2 heterocycles. The number of nitrogens with zero attached hydrogens (tertiary/aromatic N) is 4. The molecule has 0 bridgehead atoms. The van der Waals surface area contributed by atoms with Crippen molar-refractivity contribution in [3.05, 3.63) is 46.3 Å². The minimum Gasteiger partial charge on any atom is -0.338 e. The lowest BCUT2D eigenvalue weighted by molar-refractivity contribution is 0.173. The first kappa shape index (κ1) is 18.2. The van der Waals surface area contributed by atoms with Crippen molar-refractivity contribution < 1.29 is 4.52 Å². The average molecular weight is 385 g/mol. The number of hydrogen-bond acceptors (Lipinski definition) is 6. The van der Waals surface area contributed by atoms with E-state index in [0.717, 1.165) is 23.5 Å². The highest BCUT2D eigenvalue weighted by Crippen LogP contribution is 2.39. The van der Waals surface area contributed by atoms with E-state index in [1.807, 2.05) is 28.8 Å². The van der Waals surface area contributed by atoms with Crippen LogP contribution in [-0.2, 0) is 5.75 Å². The second-order valence-corrected chi connectivity index (χ2v) is 8.39. The maximum atomic E-state index is 13.4. The van der Waals surface area contributed by atoms with Crippen molar-refractivity contribution in [2.24, 2.45) is 11.8 Å². The van der Waals surface area contributed by atoms with E-state index in [0.29, 0.717) is 34.7 Å². The Balaban J connectivity index is 1.78. The molecule has 0 amide bonds. The molecule has 7 heteroatoms. The summed E-state index contributed by atoms with van der Waals surface area (Å²) in [6.45, 7) is 6.34. The van der Waals surface area contributed by atoms with Gasteiger partial charge in [0.25, 0.3) is 5.56 Å². The first-order valence-electron chi connectivity index (χ1n) is 9.48. The van der Waals surface area contributed by atoms with Crippen molar-refractivity contribution in [1.82, 2.24) is 19.7 Å². The zero-order chi connectivity index (χ0) is 19.0. The molecule has 1 aliphatic carbocycles. The molecule has 1 fully saturated rings. The van der Waals surface area contributed by atoms with Gasteiger partial charge in [0.05, 0.1) is 16.7 Å². The Morgan fingerprint density at radius 1 is 1.22 bits per heavy atom. The van der Waals surface area contributed by atoms with Crippen molar-refractivity contribution >= 4 is 22.7 Å². The van der Waals surface area contributed by atoms with E-state index in [4.69, 9.17) is 9.51 Å². The highest BCUT2D eigenvalue weighted by molar-refractivity contribution is 7.98. The van der Waals surface area contributed by atoms with Crippen molar-refractivity contribution in [3.8, 4) is 0 Å². The lowest BCUT2D eigenvalue weighted by Crippen LogP contribution is -2.35. The van der Waals surface area contributed by atoms with Crippen LogP contribution in [0, 0.1) is 18.8 Å². The molecule has 0 N–H and O–H groups in total. The summed E-state index contributed by atoms with van der Waals surface area (Å²) in [7, 11) is 0. The summed E-state index contributed by atoms with van der Waals surface area (Å²) in [5.41, 5.74) is 0.787. The van der Waals surface area contributed by atoms with Crippen LogP contribution >= 0.6 is 11.8 Å². The summed E-state index contributed by atoms with van der Waals surface area (Å²) in [5, 5.41) is 5.26. The fraction of sp³-hybridized carbons (Fsp3) is 0.500. The van der Waals surface area contributed by atoms with Crippen LogP contribution in [-0.4, -0.2) is 19.7 Å². The molecule has 6 nitrogen and oxygen atoms in total. The van der Waals surface area contributed by atoms with Crippen molar-refractivity contribution in [3.63, 3.8) is 0 Å². The van der Waals surface area contributed by atoms with Gasteiger partial charge < -0.3 is 4.52 Å². The van der Waals surface area contributed by atoms with Crippen molar-refractivity contribution in [2.75, 3.05) is 0 Å². The van der Waals surface area contributed by atoms with E-state index in [2.05, 4.69) is 24.0 Å². The molecule has 3 unspecified atom stereocenters. The zero-order valence-electron chi connectivity index (χ0n) is 15.9. The first-order valence-corrected chi connectivity index (χ1v) is 10.5. The van der Waals surface area contributed by atoms with E-state index < -0.39 is 0 Å². The molecule has 1 aliphatic rings. The molecule has 27 heavy (non-hydrogen) atoms. The second kappa shape index (κ2) is 7.46. The Bertz CT molecular complexity index is 1010. The second-order valence-electron chi connectivity index (χ2n) is 7.45. The number of hydrogen-bond donors (Lipinski definition) is 0. The Morgan fingerprint density at radius 2 is 2.04 bits per heavy atom. The van der Waals surface area contributed by atoms with E-state index in [-0.39, 0.29) is 11.6 Å². The number of thioether (sulfide) groups is 1. The highest BCUT2D eigenvalue weighted by atomic mass is 32.2. The summed E-state index contributed by atoms with van der Waals surface area (Å²) in [4.78, 5) is 22.5. The molecular formula is C20H24N4O2S. The van der Waals surface area contributed by atoms with Gasteiger partial charge in [-0.1, -0.05) is 55.7 Å². The number of rotatable bonds is 4. The standard InChI is InChI=1S/C20H24N4O2S/c1-12-7-6-10-17(13(12)2)24-19(25)15-8-4-5-9-16(15)22-20(24)27-11-18-21-14(3)23-26-18/h4-5,8-9,12-13,17H,6-7,10-11H2,1-3H3. The lowest BCUT2D eigenvalue weighted by atomic mass is 9.78. The van der Waals surface area contributed by atoms with Gasteiger partial charge in [0.15, 0.2) is 11.0 Å².